The van der Waals surface area contributed by atoms with Gasteiger partial charge in [0.05, 0.1) is 12.1 Å². The molecule has 1 aliphatic rings. The third-order valence-corrected chi connectivity index (χ3v) is 4.51. The van der Waals surface area contributed by atoms with Gasteiger partial charge in [-0.25, -0.2) is 0 Å². The topological polar surface area (TPSA) is 41.1 Å². The first-order valence-corrected chi connectivity index (χ1v) is 8.31. The Balaban J connectivity index is 1.76. The molecule has 0 atom stereocenters. The minimum absolute atomic E-state index is 0.0286. The molecule has 0 bridgehead atoms. The van der Waals surface area contributed by atoms with Crippen molar-refractivity contribution in [2.75, 3.05) is 13.1 Å². The van der Waals surface area contributed by atoms with E-state index in [0.29, 0.717) is 6.54 Å². The number of carbonyl (C=O) groups excluding carboxylic acids is 1. The Morgan fingerprint density at radius 3 is 2.00 bits per heavy atom. The van der Waals surface area contributed by atoms with Crippen molar-refractivity contribution >= 4 is 5.91 Å². The van der Waals surface area contributed by atoms with E-state index in [4.69, 9.17) is 0 Å². The Morgan fingerprint density at radius 1 is 1.00 bits per heavy atom. The lowest BCUT2D eigenvalue weighted by atomic mass is 9.84. The Kier molecular flexibility index (Phi) is 4.77. The van der Waals surface area contributed by atoms with Gasteiger partial charge in [-0.1, -0.05) is 60.7 Å². The largest absolute Gasteiger partial charge is 0.342 e. The summed E-state index contributed by atoms with van der Waals surface area (Å²) in [7, 11) is 0. The minimum Gasteiger partial charge on any atom is -0.342 e. The van der Waals surface area contributed by atoms with Crippen molar-refractivity contribution in [2.24, 2.45) is 5.92 Å². The second-order valence-corrected chi connectivity index (χ2v) is 6.48. The maximum absolute atomic E-state index is 12.4. The van der Waals surface area contributed by atoms with Crippen LogP contribution < -0.4 is 10.6 Å². The lowest BCUT2D eigenvalue weighted by Gasteiger charge is -2.32. The fourth-order valence-electron chi connectivity index (χ4n) is 2.89. The van der Waals surface area contributed by atoms with Gasteiger partial charge in [0.1, 0.15) is 0 Å². The monoisotopic (exact) mass is 308 g/mol. The Labute approximate surface area is 138 Å². The smallest absolute Gasteiger partial charge is 0.234 e. The van der Waals surface area contributed by atoms with Crippen molar-refractivity contribution < 1.29 is 4.79 Å². The van der Waals surface area contributed by atoms with E-state index in [9.17, 15) is 4.79 Å². The average molecular weight is 308 g/mol. The van der Waals surface area contributed by atoms with Gasteiger partial charge in [-0.15, -0.1) is 0 Å². The maximum atomic E-state index is 12.4. The molecule has 0 radical (unpaired) electrons. The second kappa shape index (κ2) is 6.97. The lowest BCUT2D eigenvalue weighted by molar-refractivity contribution is -0.121. The van der Waals surface area contributed by atoms with E-state index >= 15 is 0 Å². The summed E-state index contributed by atoms with van der Waals surface area (Å²) >= 11 is 0. The van der Waals surface area contributed by atoms with Crippen molar-refractivity contribution in [2.45, 2.75) is 25.3 Å². The highest BCUT2D eigenvalue weighted by Gasteiger charge is 2.30. The van der Waals surface area contributed by atoms with Crippen LogP contribution in [0.2, 0.25) is 0 Å². The number of hydrogen-bond donors (Lipinski definition) is 2. The van der Waals surface area contributed by atoms with Crippen molar-refractivity contribution in [3.63, 3.8) is 0 Å². The van der Waals surface area contributed by atoms with Crippen LogP contribution in [0.5, 0.6) is 0 Å². The third-order valence-electron chi connectivity index (χ3n) is 4.51. The first-order chi connectivity index (χ1) is 11.2. The Bertz CT molecular complexity index is 596. The van der Waals surface area contributed by atoms with Crippen molar-refractivity contribution in [3.8, 4) is 0 Å². The molecule has 0 unspecified atom stereocenters. The third kappa shape index (κ3) is 3.99. The molecule has 0 aromatic heterocycles. The Morgan fingerprint density at radius 2 is 1.52 bits per heavy atom. The molecule has 0 heterocycles. The molecule has 0 aliphatic heterocycles. The van der Waals surface area contributed by atoms with E-state index in [-0.39, 0.29) is 5.91 Å². The standard InChI is InChI=1S/C20H24N2O/c1-20(17-8-4-2-5-9-17,18-10-6-3-7-11-18)22-19(23)15-21-14-16-12-13-16/h2-11,16,21H,12-15H2,1H3,(H,22,23). The van der Waals surface area contributed by atoms with E-state index in [1.54, 1.807) is 0 Å². The fraction of sp³-hybridized carbons (Fsp3) is 0.350. The zero-order valence-electron chi connectivity index (χ0n) is 13.6. The van der Waals surface area contributed by atoms with Crippen LogP contribution in [-0.4, -0.2) is 19.0 Å². The summed E-state index contributed by atoms with van der Waals surface area (Å²) in [6.45, 7) is 3.38. The normalized spacial score (nSPS) is 14.5. The molecule has 2 N–H and O–H groups in total. The first kappa shape index (κ1) is 15.8. The molecule has 2 aromatic carbocycles. The summed E-state index contributed by atoms with van der Waals surface area (Å²) in [6, 6.07) is 20.3. The van der Waals surface area contributed by atoms with E-state index < -0.39 is 5.54 Å². The molecule has 1 fully saturated rings. The number of carbonyl (C=O) groups is 1. The SMILES string of the molecule is CC(NC(=O)CNCC1CC1)(c1ccccc1)c1ccccc1. The van der Waals surface area contributed by atoms with Gasteiger partial charge in [0.15, 0.2) is 0 Å². The average Bonchev–Trinajstić information content (AvgIpc) is 3.41. The number of rotatable bonds is 7. The fourth-order valence-corrected chi connectivity index (χ4v) is 2.89. The maximum Gasteiger partial charge on any atom is 0.234 e. The number of hydrogen-bond acceptors (Lipinski definition) is 2. The van der Waals surface area contributed by atoms with E-state index in [2.05, 4.69) is 41.8 Å². The summed E-state index contributed by atoms with van der Waals surface area (Å²) in [5.74, 6) is 0.804. The van der Waals surface area contributed by atoms with Crippen LogP contribution in [0.3, 0.4) is 0 Å². The predicted octanol–water partition coefficient (Wildman–Crippen LogP) is 3.07. The van der Waals surface area contributed by atoms with Gasteiger partial charge in [-0.3, -0.25) is 4.79 Å². The van der Waals surface area contributed by atoms with Crippen LogP contribution in [0.25, 0.3) is 0 Å². The zero-order valence-corrected chi connectivity index (χ0v) is 13.6. The van der Waals surface area contributed by atoms with Gasteiger partial charge in [0.2, 0.25) is 5.91 Å². The molecule has 3 rings (SSSR count). The van der Waals surface area contributed by atoms with Crippen LogP contribution in [0, 0.1) is 5.92 Å². The van der Waals surface area contributed by atoms with Crippen LogP contribution in [-0.2, 0) is 10.3 Å². The molecule has 0 spiro atoms. The zero-order chi connectivity index (χ0) is 16.1. The molecule has 0 saturated heterocycles. The summed E-state index contributed by atoms with van der Waals surface area (Å²) in [5.41, 5.74) is 1.64. The molecular formula is C20H24N2O. The molecule has 1 aliphatic carbocycles. The molecule has 3 nitrogen and oxygen atoms in total. The first-order valence-electron chi connectivity index (χ1n) is 8.31. The minimum atomic E-state index is -0.527. The van der Waals surface area contributed by atoms with E-state index in [1.165, 1.54) is 12.8 Å². The van der Waals surface area contributed by atoms with Gasteiger partial charge < -0.3 is 10.6 Å². The van der Waals surface area contributed by atoms with Crippen molar-refractivity contribution in [1.82, 2.24) is 10.6 Å². The van der Waals surface area contributed by atoms with Crippen LogP contribution in [0.1, 0.15) is 30.9 Å². The molecule has 1 saturated carbocycles. The van der Waals surface area contributed by atoms with Gasteiger partial charge in [0.25, 0.3) is 0 Å². The van der Waals surface area contributed by atoms with Gasteiger partial charge in [0, 0.05) is 0 Å². The quantitative estimate of drug-likeness (QED) is 0.825. The van der Waals surface area contributed by atoms with Crippen molar-refractivity contribution in [1.29, 1.82) is 0 Å². The van der Waals surface area contributed by atoms with Gasteiger partial charge in [-0.05, 0) is 43.4 Å². The molecular weight excluding hydrogens is 284 g/mol. The summed E-state index contributed by atoms with van der Waals surface area (Å²) < 4.78 is 0. The van der Waals surface area contributed by atoms with Crippen LogP contribution in [0.15, 0.2) is 60.7 Å². The predicted molar refractivity (Wildman–Crippen MR) is 93.1 cm³/mol. The summed E-state index contributed by atoms with van der Waals surface area (Å²) in [4.78, 5) is 12.4. The number of benzene rings is 2. The molecule has 23 heavy (non-hydrogen) atoms. The molecule has 1 amide bonds. The molecule has 2 aromatic rings. The molecule has 3 heteroatoms. The lowest BCUT2D eigenvalue weighted by Crippen LogP contribution is -2.47. The number of amides is 1. The second-order valence-electron chi connectivity index (χ2n) is 6.48. The number of nitrogens with one attached hydrogen (secondary N) is 2. The van der Waals surface area contributed by atoms with Crippen molar-refractivity contribution in [3.05, 3.63) is 71.8 Å². The van der Waals surface area contributed by atoms with Gasteiger partial charge in [-0.2, -0.15) is 0 Å². The van der Waals surface area contributed by atoms with Crippen LogP contribution >= 0.6 is 0 Å². The highest BCUT2D eigenvalue weighted by atomic mass is 16.2. The van der Waals surface area contributed by atoms with E-state index in [0.717, 1.165) is 23.6 Å². The molecule has 120 valence electrons. The van der Waals surface area contributed by atoms with Crippen LogP contribution in [0.4, 0.5) is 0 Å². The van der Waals surface area contributed by atoms with E-state index in [1.807, 2.05) is 36.4 Å². The van der Waals surface area contributed by atoms with Gasteiger partial charge >= 0.3 is 0 Å². The summed E-state index contributed by atoms with van der Waals surface area (Å²) in [6.07, 6.45) is 2.58. The Hall–Kier alpha value is -2.13. The summed E-state index contributed by atoms with van der Waals surface area (Å²) in [5, 5.41) is 6.48. The highest BCUT2D eigenvalue weighted by Crippen LogP contribution is 2.29. The highest BCUT2D eigenvalue weighted by molar-refractivity contribution is 5.79.